The zero-order valence-electron chi connectivity index (χ0n) is 9.03. The smallest absolute Gasteiger partial charge is 0.268 e. The summed E-state index contributed by atoms with van der Waals surface area (Å²) < 4.78 is 0. The van der Waals surface area contributed by atoms with Crippen LogP contribution in [0.4, 0.5) is 0 Å². The minimum absolute atomic E-state index is 0.0635. The Bertz CT molecular complexity index is 471. The number of hydrogen-bond donors (Lipinski definition) is 3. The third kappa shape index (κ3) is 2.06. The Morgan fingerprint density at radius 2 is 2.25 bits per heavy atom. The van der Waals surface area contributed by atoms with Gasteiger partial charge in [-0.3, -0.25) is 4.79 Å². The Morgan fingerprint density at radius 3 is 2.94 bits per heavy atom. The Morgan fingerprint density at radius 1 is 1.50 bits per heavy atom. The lowest BCUT2D eigenvalue weighted by atomic mass is 10.2. The minimum Gasteiger partial charge on any atom is -0.394 e. The van der Waals surface area contributed by atoms with Gasteiger partial charge in [-0.1, -0.05) is 18.2 Å². The van der Waals surface area contributed by atoms with Crippen molar-refractivity contribution in [1.29, 1.82) is 0 Å². The molecule has 0 unspecified atom stereocenters. The molecule has 2 aromatic rings. The SMILES string of the molecule is C[C@H](CO)NC(=O)c1cc2ccccc2[nH]1. The van der Waals surface area contributed by atoms with Crippen LogP contribution in [-0.4, -0.2) is 28.6 Å². The van der Waals surface area contributed by atoms with Crippen molar-refractivity contribution in [3.8, 4) is 0 Å². The maximum Gasteiger partial charge on any atom is 0.268 e. The Hall–Kier alpha value is -1.81. The Kier molecular flexibility index (Phi) is 2.92. The number of hydrogen-bond acceptors (Lipinski definition) is 2. The molecule has 3 N–H and O–H groups in total. The van der Waals surface area contributed by atoms with Crippen molar-refractivity contribution in [2.24, 2.45) is 0 Å². The van der Waals surface area contributed by atoms with E-state index in [1.54, 1.807) is 13.0 Å². The zero-order valence-corrected chi connectivity index (χ0v) is 9.03. The normalized spacial score (nSPS) is 12.6. The first-order chi connectivity index (χ1) is 7.70. The Balaban J connectivity index is 2.23. The third-order valence-electron chi connectivity index (χ3n) is 2.43. The van der Waals surface area contributed by atoms with Crippen LogP contribution in [0.25, 0.3) is 10.9 Å². The molecule has 0 aliphatic rings. The van der Waals surface area contributed by atoms with Crippen LogP contribution in [0.15, 0.2) is 30.3 Å². The molecule has 1 heterocycles. The quantitative estimate of drug-likeness (QED) is 0.726. The van der Waals surface area contributed by atoms with Crippen LogP contribution < -0.4 is 5.32 Å². The highest BCUT2D eigenvalue weighted by atomic mass is 16.3. The van der Waals surface area contributed by atoms with Crippen molar-refractivity contribution >= 4 is 16.8 Å². The summed E-state index contributed by atoms with van der Waals surface area (Å²) >= 11 is 0. The van der Waals surface area contributed by atoms with Gasteiger partial charge in [-0.2, -0.15) is 0 Å². The van der Waals surface area contributed by atoms with Crippen molar-refractivity contribution in [3.63, 3.8) is 0 Å². The van der Waals surface area contributed by atoms with Gasteiger partial charge < -0.3 is 15.4 Å². The van der Waals surface area contributed by atoms with Gasteiger partial charge in [-0.25, -0.2) is 0 Å². The van der Waals surface area contributed by atoms with Gasteiger partial charge in [0.15, 0.2) is 0 Å². The fourth-order valence-electron chi connectivity index (χ4n) is 1.54. The van der Waals surface area contributed by atoms with E-state index in [4.69, 9.17) is 5.11 Å². The van der Waals surface area contributed by atoms with Crippen LogP contribution in [0.5, 0.6) is 0 Å². The van der Waals surface area contributed by atoms with Gasteiger partial charge in [-0.05, 0) is 19.1 Å². The monoisotopic (exact) mass is 218 g/mol. The topological polar surface area (TPSA) is 65.1 Å². The highest BCUT2D eigenvalue weighted by Gasteiger charge is 2.11. The first kappa shape index (κ1) is 10.7. The van der Waals surface area contributed by atoms with E-state index >= 15 is 0 Å². The molecule has 0 bridgehead atoms. The van der Waals surface area contributed by atoms with Crippen molar-refractivity contribution in [1.82, 2.24) is 10.3 Å². The number of fused-ring (bicyclic) bond motifs is 1. The van der Waals surface area contributed by atoms with Crippen LogP contribution in [0.1, 0.15) is 17.4 Å². The summed E-state index contributed by atoms with van der Waals surface area (Å²) in [5.74, 6) is -0.197. The highest BCUT2D eigenvalue weighted by molar-refractivity contribution is 5.98. The number of aliphatic hydroxyl groups excluding tert-OH is 1. The van der Waals surface area contributed by atoms with E-state index in [9.17, 15) is 4.79 Å². The number of amides is 1. The van der Waals surface area contributed by atoms with E-state index in [0.717, 1.165) is 10.9 Å². The summed E-state index contributed by atoms with van der Waals surface area (Å²) in [6, 6.07) is 9.26. The first-order valence-electron chi connectivity index (χ1n) is 5.20. The van der Waals surface area contributed by atoms with Crippen LogP contribution >= 0.6 is 0 Å². The molecule has 1 aromatic heterocycles. The van der Waals surface area contributed by atoms with Gasteiger partial charge in [0.05, 0.1) is 6.61 Å². The van der Waals surface area contributed by atoms with E-state index in [2.05, 4.69) is 10.3 Å². The summed E-state index contributed by atoms with van der Waals surface area (Å²) in [6.07, 6.45) is 0. The summed E-state index contributed by atoms with van der Waals surface area (Å²) in [4.78, 5) is 14.8. The molecule has 0 aliphatic heterocycles. The van der Waals surface area contributed by atoms with Crippen molar-refractivity contribution in [3.05, 3.63) is 36.0 Å². The minimum atomic E-state index is -0.237. The fourth-order valence-corrected chi connectivity index (χ4v) is 1.54. The summed E-state index contributed by atoms with van der Waals surface area (Å²) in [7, 11) is 0. The molecule has 0 saturated heterocycles. The number of para-hydroxylation sites is 1. The predicted octanol–water partition coefficient (Wildman–Crippen LogP) is 1.28. The maximum atomic E-state index is 11.7. The van der Waals surface area contributed by atoms with Crippen molar-refractivity contribution in [2.45, 2.75) is 13.0 Å². The van der Waals surface area contributed by atoms with Gasteiger partial charge >= 0.3 is 0 Å². The van der Waals surface area contributed by atoms with Crippen LogP contribution in [-0.2, 0) is 0 Å². The molecular formula is C12H14N2O2. The second-order valence-corrected chi connectivity index (χ2v) is 3.83. The van der Waals surface area contributed by atoms with E-state index in [-0.39, 0.29) is 18.6 Å². The van der Waals surface area contributed by atoms with Gasteiger partial charge in [0.25, 0.3) is 5.91 Å². The first-order valence-corrected chi connectivity index (χ1v) is 5.20. The number of H-pyrrole nitrogens is 1. The average molecular weight is 218 g/mol. The molecule has 84 valence electrons. The molecule has 0 saturated carbocycles. The number of aromatic amines is 1. The van der Waals surface area contributed by atoms with Crippen LogP contribution in [0.3, 0.4) is 0 Å². The molecule has 1 aromatic carbocycles. The molecule has 4 nitrogen and oxygen atoms in total. The van der Waals surface area contributed by atoms with E-state index < -0.39 is 0 Å². The molecule has 1 atom stereocenters. The molecule has 0 aliphatic carbocycles. The van der Waals surface area contributed by atoms with Gasteiger partial charge in [-0.15, -0.1) is 0 Å². The summed E-state index contributed by atoms with van der Waals surface area (Å²) in [6.45, 7) is 1.69. The number of nitrogens with one attached hydrogen (secondary N) is 2. The van der Waals surface area contributed by atoms with Crippen molar-refractivity contribution < 1.29 is 9.90 Å². The molecule has 16 heavy (non-hydrogen) atoms. The Labute approximate surface area is 93.3 Å². The van der Waals surface area contributed by atoms with E-state index in [1.165, 1.54) is 0 Å². The molecule has 1 amide bonds. The van der Waals surface area contributed by atoms with Crippen LogP contribution in [0.2, 0.25) is 0 Å². The average Bonchev–Trinajstić information content (AvgIpc) is 2.72. The summed E-state index contributed by atoms with van der Waals surface area (Å²) in [5, 5.41) is 12.5. The van der Waals surface area contributed by atoms with Gasteiger partial charge in [0, 0.05) is 16.9 Å². The molecule has 2 rings (SSSR count). The second kappa shape index (κ2) is 4.37. The lowest BCUT2D eigenvalue weighted by molar-refractivity contribution is 0.0918. The lowest BCUT2D eigenvalue weighted by Crippen LogP contribution is -2.35. The maximum absolute atomic E-state index is 11.7. The molecule has 0 radical (unpaired) electrons. The molecule has 0 spiro atoms. The number of rotatable bonds is 3. The number of aliphatic hydroxyl groups is 1. The van der Waals surface area contributed by atoms with Gasteiger partial charge in [0.2, 0.25) is 0 Å². The second-order valence-electron chi connectivity index (χ2n) is 3.83. The van der Waals surface area contributed by atoms with E-state index in [1.807, 2.05) is 24.3 Å². The standard InChI is InChI=1S/C12H14N2O2/c1-8(7-15)13-12(16)11-6-9-4-2-3-5-10(9)14-11/h2-6,8,14-15H,7H2,1H3,(H,13,16)/t8-/m1/s1. The molecular weight excluding hydrogens is 204 g/mol. The zero-order chi connectivity index (χ0) is 11.5. The van der Waals surface area contributed by atoms with Crippen molar-refractivity contribution in [2.75, 3.05) is 6.61 Å². The number of benzene rings is 1. The highest BCUT2D eigenvalue weighted by Crippen LogP contribution is 2.14. The third-order valence-corrected chi connectivity index (χ3v) is 2.43. The predicted molar refractivity (Wildman–Crippen MR) is 62.3 cm³/mol. The number of carbonyl (C=O) groups is 1. The lowest BCUT2D eigenvalue weighted by Gasteiger charge is -2.08. The fraction of sp³-hybridized carbons (Fsp3) is 0.250. The number of carbonyl (C=O) groups excluding carboxylic acids is 1. The van der Waals surface area contributed by atoms with Gasteiger partial charge in [0.1, 0.15) is 5.69 Å². The van der Waals surface area contributed by atoms with E-state index in [0.29, 0.717) is 5.69 Å². The largest absolute Gasteiger partial charge is 0.394 e. The summed E-state index contributed by atoms with van der Waals surface area (Å²) in [5.41, 5.74) is 1.45. The molecule has 0 fully saturated rings. The van der Waals surface area contributed by atoms with Crippen LogP contribution in [0, 0.1) is 0 Å². The molecule has 4 heteroatoms. The number of aromatic nitrogens is 1.